The van der Waals surface area contributed by atoms with Gasteiger partial charge in [-0.3, -0.25) is 0 Å². The number of furan rings is 1. The van der Waals surface area contributed by atoms with E-state index in [4.69, 9.17) is 9.15 Å². The fourth-order valence-electron chi connectivity index (χ4n) is 2.60. The second kappa shape index (κ2) is 5.98. The maximum atomic E-state index is 5.89. The van der Waals surface area contributed by atoms with E-state index in [-0.39, 0.29) is 11.6 Å². The molecular weight excluding hydrogens is 250 g/mol. The van der Waals surface area contributed by atoms with Crippen molar-refractivity contribution in [2.45, 2.75) is 51.8 Å². The summed E-state index contributed by atoms with van der Waals surface area (Å²) in [5, 5.41) is 4.73. The summed E-state index contributed by atoms with van der Waals surface area (Å²) in [5.41, 5.74) is 0.834. The van der Waals surface area contributed by atoms with Gasteiger partial charge in [0.15, 0.2) is 0 Å². The summed E-state index contributed by atoms with van der Waals surface area (Å²) in [4.78, 5) is 0. The molecule has 0 aliphatic rings. The van der Waals surface area contributed by atoms with Gasteiger partial charge in [0.1, 0.15) is 11.3 Å². The average Bonchev–Trinajstić information content (AvgIpc) is 2.81. The van der Waals surface area contributed by atoms with Crippen LogP contribution in [0, 0.1) is 0 Å². The summed E-state index contributed by atoms with van der Waals surface area (Å²) in [6.45, 7) is 8.53. The highest BCUT2D eigenvalue weighted by molar-refractivity contribution is 5.77. The summed E-state index contributed by atoms with van der Waals surface area (Å²) in [6, 6.07) is 10.8. The highest BCUT2D eigenvalue weighted by atomic mass is 16.5. The van der Waals surface area contributed by atoms with Gasteiger partial charge in [0.2, 0.25) is 0 Å². The van der Waals surface area contributed by atoms with Gasteiger partial charge in [-0.25, -0.2) is 0 Å². The molecule has 3 heteroatoms. The zero-order valence-corrected chi connectivity index (χ0v) is 13.1. The zero-order chi connectivity index (χ0) is 14.8. The molecule has 2 atom stereocenters. The van der Waals surface area contributed by atoms with Gasteiger partial charge in [0.05, 0.1) is 11.6 Å². The normalized spacial score (nSPS) is 15.4. The lowest BCUT2D eigenvalue weighted by Crippen LogP contribution is -2.36. The van der Waals surface area contributed by atoms with Gasteiger partial charge in [-0.2, -0.15) is 0 Å². The monoisotopic (exact) mass is 275 g/mol. The van der Waals surface area contributed by atoms with Crippen molar-refractivity contribution >= 4 is 11.0 Å². The Morgan fingerprint density at radius 2 is 1.95 bits per heavy atom. The van der Waals surface area contributed by atoms with Crippen LogP contribution in [-0.2, 0) is 4.74 Å². The minimum atomic E-state index is -0.111. The van der Waals surface area contributed by atoms with Crippen molar-refractivity contribution in [3.63, 3.8) is 0 Å². The van der Waals surface area contributed by atoms with Crippen LogP contribution >= 0.6 is 0 Å². The first-order valence-electron chi connectivity index (χ1n) is 7.21. The lowest BCUT2D eigenvalue weighted by Gasteiger charge is -2.28. The Kier molecular flexibility index (Phi) is 4.51. The molecule has 0 amide bonds. The summed E-state index contributed by atoms with van der Waals surface area (Å²) in [5.74, 6) is 0.980. The maximum absolute atomic E-state index is 5.89. The van der Waals surface area contributed by atoms with Gasteiger partial charge in [-0.1, -0.05) is 18.2 Å². The van der Waals surface area contributed by atoms with Crippen molar-refractivity contribution in [2.75, 3.05) is 7.11 Å². The number of para-hydroxylation sites is 1. The Bertz CT molecular complexity index is 526. The van der Waals surface area contributed by atoms with E-state index in [9.17, 15) is 0 Å². The van der Waals surface area contributed by atoms with Gasteiger partial charge in [-0.15, -0.1) is 0 Å². The molecule has 1 heterocycles. The minimum absolute atomic E-state index is 0.111. The Morgan fingerprint density at radius 1 is 1.25 bits per heavy atom. The Labute approximate surface area is 121 Å². The van der Waals surface area contributed by atoms with Crippen LogP contribution in [0.15, 0.2) is 34.7 Å². The molecule has 2 unspecified atom stereocenters. The van der Waals surface area contributed by atoms with Gasteiger partial charge in [-0.05, 0) is 46.2 Å². The summed E-state index contributed by atoms with van der Waals surface area (Å²) >= 11 is 0. The predicted molar refractivity (Wildman–Crippen MR) is 82.9 cm³/mol. The van der Waals surface area contributed by atoms with Crippen LogP contribution in [0.5, 0.6) is 0 Å². The second-order valence-electron chi connectivity index (χ2n) is 6.14. The largest absolute Gasteiger partial charge is 0.459 e. The van der Waals surface area contributed by atoms with Crippen LogP contribution in [0.2, 0.25) is 0 Å². The highest BCUT2D eigenvalue weighted by Gasteiger charge is 2.22. The molecule has 2 rings (SSSR count). The van der Waals surface area contributed by atoms with E-state index in [0.29, 0.717) is 6.04 Å². The van der Waals surface area contributed by atoms with Crippen LogP contribution in [-0.4, -0.2) is 18.8 Å². The second-order valence-corrected chi connectivity index (χ2v) is 6.14. The number of ether oxygens (including phenoxy) is 1. The fourth-order valence-corrected chi connectivity index (χ4v) is 2.60. The maximum Gasteiger partial charge on any atom is 0.134 e. The number of methoxy groups -OCH3 is 1. The third kappa shape index (κ3) is 3.62. The van der Waals surface area contributed by atoms with E-state index in [2.05, 4.69) is 45.1 Å². The smallest absolute Gasteiger partial charge is 0.134 e. The summed E-state index contributed by atoms with van der Waals surface area (Å²) in [7, 11) is 1.76. The molecule has 0 aliphatic carbocycles. The molecule has 0 bridgehead atoms. The predicted octanol–water partition coefficient (Wildman–Crippen LogP) is 4.29. The van der Waals surface area contributed by atoms with Gasteiger partial charge in [0.25, 0.3) is 0 Å². The molecule has 0 fully saturated rings. The standard InChI is InChI=1S/C17H25NO2/c1-12(11-17(3,4)19-5)18-13(2)16-10-14-8-6-7-9-15(14)20-16/h6-10,12-13,18H,11H2,1-5H3. The van der Waals surface area contributed by atoms with Gasteiger partial charge >= 0.3 is 0 Å². The number of hydrogen-bond acceptors (Lipinski definition) is 3. The van der Waals surface area contributed by atoms with Crippen molar-refractivity contribution in [1.82, 2.24) is 5.32 Å². The molecule has 0 saturated carbocycles. The third-order valence-corrected chi connectivity index (χ3v) is 3.76. The van der Waals surface area contributed by atoms with Gasteiger partial charge in [0, 0.05) is 18.5 Å². The van der Waals surface area contributed by atoms with E-state index in [0.717, 1.165) is 23.2 Å². The Balaban J connectivity index is 2.02. The SMILES string of the molecule is COC(C)(C)CC(C)NC(C)c1cc2ccccc2o1. The van der Waals surface area contributed by atoms with E-state index >= 15 is 0 Å². The quantitative estimate of drug-likeness (QED) is 0.854. The lowest BCUT2D eigenvalue weighted by atomic mass is 9.99. The van der Waals surface area contributed by atoms with Crippen molar-refractivity contribution in [3.05, 3.63) is 36.1 Å². The zero-order valence-electron chi connectivity index (χ0n) is 13.1. The molecule has 0 spiro atoms. The summed E-state index contributed by atoms with van der Waals surface area (Å²) in [6.07, 6.45) is 0.952. The van der Waals surface area contributed by atoms with Crippen LogP contribution in [0.4, 0.5) is 0 Å². The van der Waals surface area contributed by atoms with Gasteiger partial charge < -0.3 is 14.5 Å². The van der Waals surface area contributed by atoms with Crippen LogP contribution < -0.4 is 5.32 Å². The third-order valence-electron chi connectivity index (χ3n) is 3.76. The first-order valence-corrected chi connectivity index (χ1v) is 7.21. The first-order chi connectivity index (χ1) is 9.41. The molecular formula is C17H25NO2. The fraction of sp³-hybridized carbons (Fsp3) is 0.529. The van der Waals surface area contributed by atoms with E-state index in [1.807, 2.05) is 18.2 Å². The number of fused-ring (bicyclic) bond motifs is 1. The molecule has 1 N–H and O–H groups in total. The molecule has 0 aliphatic heterocycles. The molecule has 20 heavy (non-hydrogen) atoms. The highest BCUT2D eigenvalue weighted by Crippen LogP contribution is 2.25. The van der Waals surface area contributed by atoms with E-state index < -0.39 is 0 Å². The number of rotatable bonds is 6. The lowest BCUT2D eigenvalue weighted by molar-refractivity contribution is 0.00764. The molecule has 1 aromatic heterocycles. The van der Waals surface area contributed by atoms with Crippen LogP contribution in [0.1, 0.15) is 45.9 Å². The van der Waals surface area contributed by atoms with E-state index in [1.54, 1.807) is 7.11 Å². The topological polar surface area (TPSA) is 34.4 Å². The van der Waals surface area contributed by atoms with Crippen molar-refractivity contribution in [2.24, 2.45) is 0 Å². The van der Waals surface area contributed by atoms with Crippen LogP contribution in [0.25, 0.3) is 11.0 Å². The minimum Gasteiger partial charge on any atom is -0.459 e. The molecule has 0 saturated heterocycles. The van der Waals surface area contributed by atoms with Crippen LogP contribution in [0.3, 0.4) is 0 Å². The number of benzene rings is 1. The first kappa shape index (κ1) is 15.1. The van der Waals surface area contributed by atoms with Crippen molar-refractivity contribution in [1.29, 1.82) is 0 Å². The molecule has 2 aromatic rings. The molecule has 110 valence electrons. The molecule has 0 radical (unpaired) electrons. The molecule has 1 aromatic carbocycles. The number of nitrogens with one attached hydrogen (secondary N) is 1. The summed E-state index contributed by atoms with van der Waals surface area (Å²) < 4.78 is 11.4. The average molecular weight is 275 g/mol. The molecule has 3 nitrogen and oxygen atoms in total. The van der Waals surface area contributed by atoms with Crippen molar-refractivity contribution in [3.8, 4) is 0 Å². The Hall–Kier alpha value is -1.32. The number of hydrogen-bond donors (Lipinski definition) is 1. The van der Waals surface area contributed by atoms with Crippen molar-refractivity contribution < 1.29 is 9.15 Å². The van der Waals surface area contributed by atoms with E-state index in [1.165, 1.54) is 0 Å². The Morgan fingerprint density at radius 3 is 2.60 bits per heavy atom.